The van der Waals surface area contributed by atoms with Crippen LogP contribution in [-0.2, 0) is 9.47 Å². The summed E-state index contributed by atoms with van der Waals surface area (Å²) < 4.78 is 10.1. The molecule has 0 heterocycles. The normalized spacial score (nSPS) is 10.4. The molecular weight excluding hydrogens is 214 g/mol. The van der Waals surface area contributed by atoms with Gasteiger partial charge in [0.05, 0.1) is 39.6 Å². The Morgan fingerprint density at radius 1 is 1.00 bits per heavy atom. The molecule has 0 aromatic rings. The molecule has 0 saturated carbocycles. The first-order chi connectivity index (χ1) is 7.72. The Bertz CT molecular complexity index is 168. The second-order valence-electron chi connectivity index (χ2n) is 3.04. The number of ether oxygens (including phenoxy) is 2. The number of nitrogens with zero attached hydrogens (tertiary/aromatic N) is 1. The van der Waals surface area contributed by atoms with Crippen LogP contribution in [0.5, 0.6) is 0 Å². The molecule has 0 saturated heterocycles. The zero-order valence-electron chi connectivity index (χ0n) is 9.39. The molecule has 16 heavy (non-hydrogen) atoms. The number of guanidine groups is 1. The second kappa shape index (κ2) is 10.6. The third-order valence-corrected chi connectivity index (χ3v) is 1.82. The molecule has 0 aliphatic heterocycles. The van der Waals surface area contributed by atoms with Crippen molar-refractivity contribution < 1.29 is 19.7 Å². The largest absolute Gasteiger partial charge is 0.394 e. The third kappa shape index (κ3) is 8.42. The predicted molar refractivity (Wildman–Crippen MR) is 59.3 cm³/mol. The van der Waals surface area contributed by atoms with Crippen LogP contribution in [-0.4, -0.2) is 73.8 Å². The van der Waals surface area contributed by atoms with E-state index >= 15 is 0 Å². The number of rotatable bonds is 10. The van der Waals surface area contributed by atoms with Crippen LogP contribution >= 0.6 is 0 Å². The molecule has 7 heteroatoms. The molecule has 0 aromatic carbocycles. The first-order valence-corrected chi connectivity index (χ1v) is 5.18. The lowest BCUT2D eigenvalue weighted by Gasteiger charge is -2.22. The minimum atomic E-state index is -0.0415. The predicted octanol–water partition coefficient (Wildman–Crippen LogP) is -1.80. The first-order valence-electron chi connectivity index (χ1n) is 5.18. The van der Waals surface area contributed by atoms with Crippen molar-refractivity contribution >= 4 is 5.96 Å². The fraction of sp³-hybridized carbons (Fsp3) is 0.889. The topological polar surface area (TPSA) is 112 Å². The summed E-state index contributed by atoms with van der Waals surface area (Å²) in [7, 11) is 0. The molecule has 5 N–H and O–H groups in total. The SMILES string of the molecule is N=C(N)N(CCOCCO)CCOCCO. The van der Waals surface area contributed by atoms with E-state index in [1.165, 1.54) is 0 Å². The summed E-state index contributed by atoms with van der Waals surface area (Å²) in [6.45, 7) is 2.31. The van der Waals surface area contributed by atoms with Crippen LogP contribution in [0.4, 0.5) is 0 Å². The average molecular weight is 235 g/mol. The van der Waals surface area contributed by atoms with Gasteiger partial charge in [-0.15, -0.1) is 0 Å². The molecule has 0 aliphatic rings. The first kappa shape index (κ1) is 15.1. The van der Waals surface area contributed by atoms with E-state index in [1.807, 2.05) is 0 Å². The third-order valence-electron chi connectivity index (χ3n) is 1.82. The van der Waals surface area contributed by atoms with Gasteiger partial charge in [0.15, 0.2) is 5.96 Å². The average Bonchev–Trinajstić information content (AvgIpc) is 2.26. The summed E-state index contributed by atoms with van der Waals surface area (Å²) in [5, 5.41) is 24.3. The van der Waals surface area contributed by atoms with E-state index in [-0.39, 0.29) is 32.4 Å². The number of aliphatic hydroxyl groups excluding tert-OH is 2. The molecule has 0 unspecified atom stereocenters. The van der Waals surface area contributed by atoms with Crippen molar-refractivity contribution in [1.82, 2.24) is 4.90 Å². The maximum absolute atomic E-state index is 8.49. The van der Waals surface area contributed by atoms with Gasteiger partial charge in [0.2, 0.25) is 0 Å². The summed E-state index contributed by atoms with van der Waals surface area (Å²) in [5.74, 6) is -0.0415. The highest BCUT2D eigenvalue weighted by molar-refractivity contribution is 5.74. The maximum Gasteiger partial charge on any atom is 0.188 e. The molecule has 0 atom stereocenters. The number of aliphatic hydroxyl groups is 2. The smallest absolute Gasteiger partial charge is 0.188 e. The molecule has 0 radical (unpaired) electrons. The Labute approximate surface area is 95.3 Å². The van der Waals surface area contributed by atoms with Gasteiger partial charge in [-0.25, -0.2) is 0 Å². The minimum Gasteiger partial charge on any atom is -0.394 e. The number of nitrogens with two attached hydrogens (primary N) is 1. The highest BCUT2D eigenvalue weighted by Gasteiger charge is 2.05. The van der Waals surface area contributed by atoms with Gasteiger partial charge in [-0.05, 0) is 0 Å². The van der Waals surface area contributed by atoms with E-state index in [2.05, 4.69) is 0 Å². The van der Waals surface area contributed by atoms with Crippen molar-refractivity contribution in [3.05, 3.63) is 0 Å². The Morgan fingerprint density at radius 3 is 1.75 bits per heavy atom. The van der Waals surface area contributed by atoms with Gasteiger partial charge >= 0.3 is 0 Å². The van der Waals surface area contributed by atoms with Crippen LogP contribution < -0.4 is 5.73 Å². The fourth-order valence-electron chi connectivity index (χ4n) is 1.04. The van der Waals surface area contributed by atoms with Crippen LogP contribution in [0.3, 0.4) is 0 Å². The van der Waals surface area contributed by atoms with Gasteiger partial charge in [-0.2, -0.15) is 0 Å². The van der Waals surface area contributed by atoms with Crippen molar-refractivity contribution in [1.29, 1.82) is 5.41 Å². The maximum atomic E-state index is 8.49. The second-order valence-corrected chi connectivity index (χ2v) is 3.04. The van der Waals surface area contributed by atoms with E-state index in [0.29, 0.717) is 26.3 Å². The van der Waals surface area contributed by atoms with Crippen LogP contribution in [0.25, 0.3) is 0 Å². The molecule has 0 aromatic heterocycles. The van der Waals surface area contributed by atoms with Gasteiger partial charge in [-0.3, -0.25) is 5.41 Å². The van der Waals surface area contributed by atoms with E-state index in [4.69, 9.17) is 30.8 Å². The Kier molecular flexibility index (Phi) is 10.0. The monoisotopic (exact) mass is 235 g/mol. The van der Waals surface area contributed by atoms with E-state index in [0.717, 1.165) is 0 Å². The summed E-state index contributed by atoms with van der Waals surface area (Å²) in [6, 6.07) is 0. The minimum absolute atomic E-state index is 0.0142. The molecule has 0 fully saturated rings. The van der Waals surface area contributed by atoms with Gasteiger partial charge < -0.3 is 30.3 Å². The zero-order chi connectivity index (χ0) is 12.2. The summed E-state index contributed by atoms with van der Waals surface area (Å²) in [6.07, 6.45) is 0. The van der Waals surface area contributed by atoms with Crippen molar-refractivity contribution in [3.8, 4) is 0 Å². The summed E-state index contributed by atoms with van der Waals surface area (Å²) >= 11 is 0. The molecule has 7 nitrogen and oxygen atoms in total. The van der Waals surface area contributed by atoms with Gasteiger partial charge in [-0.1, -0.05) is 0 Å². The Morgan fingerprint density at radius 2 is 1.44 bits per heavy atom. The van der Waals surface area contributed by atoms with Gasteiger partial charge in [0.1, 0.15) is 0 Å². The number of nitrogens with one attached hydrogen (secondary N) is 1. The molecule has 0 bridgehead atoms. The standard InChI is InChI=1S/C9H21N3O4/c10-9(11)12(1-5-15-7-3-13)2-6-16-8-4-14/h13-14H,1-8H2,(H3,10,11). The van der Waals surface area contributed by atoms with Crippen LogP contribution in [0, 0.1) is 5.41 Å². The number of hydrogen-bond acceptors (Lipinski definition) is 5. The molecule has 0 aliphatic carbocycles. The Balaban J connectivity index is 3.59. The molecule has 0 rings (SSSR count). The lowest BCUT2D eigenvalue weighted by molar-refractivity contribution is 0.0660. The van der Waals surface area contributed by atoms with E-state index in [1.54, 1.807) is 4.90 Å². The lowest BCUT2D eigenvalue weighted by Crippen LogP contribution is -2.41. The molecule has 0 amide bonds. The van der Waals surface area contributed by atoms with Crippen LogP contribution in [0.2, 0.25) is 0 Å². The van der Waals surface area contributed by atoms with Crippen molar-refractivity contribution in [2.75, 3.05) is 52.7 Å². The van der Waals surface area contributed by atoms with Crippen LogP contribution in [0.1, 0.15) is 0 Å². The van der Waals surface area contributed by atoms with Crippen molar-refractivity contribution in [2.45, 2.75) is 0 Å². The lowest BCUT2D eigenvalue weighted by atomic mass is 10.5. The number of hydrogen-bond donors (Lipinski definition) is 4. The molecule has 96 valence electrons. The fourth-order valence-corrected chi connectivity index (χ4v) is 1.04. The summed E-state index contributed by atoms with van der Waals surface area (Å²) in [4.78, 5) is 1.61. The van der Waals surface area contributed by atoms with Gasteiger partial charge in [0.25, 0.3) is 0 Å². The van der Waals surface area contributed by atoms with Crippen molar-refractivity contribution in [3.63, 3.8) is 0 Å². The van der Waals surface area contributed by atoms with E-state index in [9.17, 15) is 0 Å². The Hall–Kier alpha value is -0.890. The van der Waals surface area contributed by atoms with Crippen molar-refractivity contribution in [2.24, 2.45) is 5.73 Å². The highest BCUT2D eigenvalue weighted by atomic mass is 16.5. The highest BCUT2D eigenvalue weighted by Crippen LogP contribution is 1.88. The van der Waals surface area contributed by atoms with Gasteiger partial charge in [0, 0.05) is 13.1 Å². The molecular formula is C9H21N3O4. The molecule has 0 spiro atoms. The van der Waals surface area contributed by atoms with Crippen LogP contribution in [0.15, 0.2) is 0 Å². The zero-order valence-corrected chi connectivity index (χ0v) is 9.39. The quantitative estimate of drug-likeness (QED) is 0.202. The summed E-state index contributed by atoms with van der Waals surface area (Å²) in [5.41, 5.74) is 5.37. The van der Waals surface area contributed by atoms with E-state index < -0.39 is 0 Å².